The standard InChI is InChI=1S/C20H23N5O4/c1-27-17-6-5-14(10-18(17)28-2)12-24-20(26)25-9-3-4-15(13-25)29-19-16(11-21)22-7-8-23-19/h5-8,10,15H,3-4,9,12-13H2,1-2H3,(H,24,26). The fourth-order valence-corrected chi connectivity index (χ4v) is 3.14. The summed E-state index contributed by atoms with van der Waals surface area (Å²) in [6.45, 7) is 1.42. The normalized spacial score (nSPS) is 15.9. The van der Waals surface area contributed by atoms with Gasteiger partial charge in [-0.05, 0) is 30.5 Å². The first-order valence-corrected chi connectivity index (χ1v) is 9.26. The highest BCUT2D eigenvalue weighted by Crippen LogP contribution is 2.27. The van der Waals surface area contributed by atoms with E-state index in [1.807, 2.05) is 18.2 Å². The van der Waals surface area contributed by atoms with Crippen LogP contribution in [0.15, 0.2) is 30.6 Å². The van der Waals surface area contributed by atoms with Crippen molar-refractivity contribution in [1.82, 2.24) is 20.2 Å². The second-order valence-corrected chi connectivity index (χ2v) is 6.50. The highest BCUT2D eigenvalue weighted by Gasteiger charge is 2.26. The van der Waals surface area contributed by atoms with Gasteiger partial charge in [0.05, 0.1) is 20.8 Å². The van der Waals surface area contributed by atoms with E-state index in [1.165, 1.54) is 12.4 Å². The molecule has 0 saturated carbocycles. The quantitative estimate of drug-likeness (QED) is 0.795. The van der Waals surface area contributed by atoms with Crippen LogP contribution in [0.4, 0.5) is 4.79 Å². The van der Waals surface area contributed by atoms with Crippen LogP contribution < -0.4 is 19.5 Å². The molecule has 152 valence electrons. The minimum absolute atomic E-state index is 0.141. The number of hydrogen-bond acceptors (Lipinski definition) is 7. The number of rotatable bonds is 6. The number of hydrogen-bond donors (Lipinski definition) is 1. The van der Waals surface area contributed by atoms with Crippen LogP contribution in [0.25, 0.3) is 0 Å². The smallest absolute Gasteiger partial charge is 0.317 e. The van der Waals surface area contributed by atoms with Crippen molar-refractivity contribution in [2.24, 2.45) is 0 Å². The summed E-state index contributed by atoms with van der Waals surface area (Å²) in [5, 5.41) is 12.0. The molecule has 9 nitrogen and oxygen atoms in total. The Bertz CT molecular complexity index is 899. The zero-order valence-corrected chi connectivity index (χ0v) is 16.4. The van der Waals surface area contributed by atoms with Crippen LogP contribution >= 0.6 is 0 Å². The molecule has 2 aromatic rings. The second-order valence-electron chi connectivity index (χ2n) is 6.50. The number of amides is 2. The molecule has 9 heteroatoms. The molecule has 1 aromatic heterocycles. The van der Waals surface area contributed by atoms with Crippen molar-refractivity contribution in [3.05, 3.63) is 41.9 Å². The lowest BCUT2D eigenvalue weighted by molar-refractivity contribution is 0.0971. The third kappa shape index (κ3) is 5.04. The number of nitrogens with zero attached hydrogens (tertiary/aromatic N) is 4. The van der Waals surface area contributed by atoms with Gasteiger partial charge in [0.25, 0.3) is 5.88 Å². The summed E-state index contributed by atoms with van der Waals surface area (Å²) in [6.07, 6.45) is 4.27. The average Bonchev–Trinajstić information content (AvgIpc) is 2.77. The van der Waals surface area contributed by atoms with Gasteiger partial charge in [0.15, 0.2) is 11.5 Å². The zero-order chi connectivity index (χ0) is 20.6. The summed E-state index contributed by atoms with van der Waals surface area (Å²) in [5.74, 6) is 1.45. The molecule has 0 spiro atoms. The lowest BCUT2D eigenvalue weighted by atomic mass is 10.1. The van der Waals surface area contributed by atoms with E-state index in [0.717, 1.165) is 18.4 Å². The van der Waals surface area contributed by atoms with Crippen LogP contribution in [0.1, 0.15) is 24.1 Å². The Kier molecular flexibility index (Phi) is 6.68. The van der Waals surface area contributed by atoms with Crippen molar-refractivity contribution in [2.45, 2.75) is 25.5 Å². The fraction of sp³-hybridized carbons (Fsp3) is 0.400. The first kappa shape index (κ1) is 20.2. The zero-order valence-electron chi connectivity index (χ0n) is 16.4. The molecule has 1 aliphatic heterocycles. The predicted molar refractivity (Wildman–Crippen MR) is 104 cm³/mol. The number of benzene rings is 1. The first-order valence-electron chi connectivity index (χ1n) is 9.26. The summed E-state index contributed by atoms with van der Waals surface area (Å²) < 4.78 is 16.3. The molecule has 1 unspecified atom stereocenters. The maximum absolute atomic E-state index is 12.6. The number of nitrogens with one attached hydrogen (secondary N) is 1. The van der Waals surface area contributed by atoms with E-state index in [-0.39, 0.29) is 23.7 Å². The number of likely N-dealkylation sites (tertiary alicyclic amines) is 1. The molecule has 3 rings (SSSR count). The predicted octanol–water partition coefficient (Wildman–Crippen LogP) is 2.12. The molecule has 1 saturated heterocycles. The molecule has 29 heavy (non-hydrogen) atoms. The van der Waals surface area contributed by atoms with Crippen LogP contribution in [0.3, 0.4) is 0 Å². The number of urea groups is 1. The van der Waals surface area contributed by atoms with Crippen LogP contribution in [0, 0.1) is 11.3 Å². The van der Waals surface area contributed by atoms with Gasteiger partial charge in [0, 0.05) is 25.5 Å². The lowest BCUT2D eigenvalue weighted by Gasteiger charge is -2.32. The summed E-state index contributed by atoms with van der Waals surface area (Å²) in [6, 6.07) is 7.30. The number of piperidine rings is 1. The van der Waals surface area contributed by atoms with Crippen LogP contribution in [0.5, 0.6) is 17.4 Å². The van der Waals surface area contributed by atoms with Gasteiger partial charge in [-0.1, -0.05) is 6.07 Å². The van der Waals surface area contributed by atoms with Crippen molar-refractivity contribution in [3.8, 4) is 23.4 Å². The Balaban J connectivity index is 1.56. The Morgan fingerprint density at radius 2 is 2.07 bits per heavy atom. The molecule has 0 aliphatic carbocycles. The van der Waals surface area contributed by atoms with Crippen molar-refractivity contribution in [1.29, 1.82) is 5.26 Å². The van der Waals surface area contributed by atoms with Gasteiger partial charge in [-0.3, -0.25) is 0 Å². The van der Waals surface area contributed by atoms with Crippen molar-refractivity contribution in [2.75, 3.05) is 27.3 Å². The van der Waals surface area contributed by atoms with Gasteiger partial charge < -0.3 is 24.4 Å². The third-order valence-corrected chi connectivity index (χ3v) is 4.61. The number of carbonyl (C=O) groups excluding carboxylic acids is 1. The van der Waals surface area contributed by atoms with Crippen LogP contribution in [-0.4, -0.2) is 54.3 Å². The lowest BCUT2D eigenvalue weighted by Crippen LogP contribution is -2.48. The molecule has 0 bridgehead atoms. The van der Waals surface area contributed by atoms with Gasteiger partial charge in [-0.2, -0.15) is 5.26 Å². The largest absolute Gasteiger partial charge is 0.493 e. The van der Waals surface area contributed by atoms with E-state index < -0.39 is 0 Å². The summed E-state index contributed by atoms with van der Waals surface area (Å²) >= 11 is 0. The Morgan fingerprint density at radius 3 is 2.83 bits per heavy atom. The summed E-state index contributed by atoms with van der Waals surface area (Å²) in [7, 11) is 3.15. The van der Waals surface area contributed by atoms with Crippen molar-refractivity contribution in [3.63, 3.8) is 0 Å². The number of ether oxygens (including phenoxy) is 3. The molecule has 2 heterocycles. The average molecular weight is 397 g/mol. The molecule has 1 N–H and O–H groups in total. The molecule has 1 aliphatic rings. The van der Waals surface area contributed by atoms with Crippen LogP contribution in [-0.2, 0) is 6.54 Å². The number of nitriles is 1. The first-order chi connectivity index (χ1) is 14.1. The Hall–Kier alpha value is -3.54. The monoisotopic (exact) mass is 397 g/mol. The minimum Gasteiger partial charge on any atom is -0.493 e. The topological polar surface area (TPSA) is 110 Å². The van der Waals surface area contributed by atoms with Crippen LogP contribution in [0.2, 0.25) is 0 Å². The maximum atomic E-state index is 12.6. The molecule has 2 amide bonds. The maximum Gasteiger partial charge on any atom is 0.317 e. The van der Waals surface area contributed by atoms with E-state index in [9.17, 15) is 4.79 Å². The molecular weight excluding hydrogens is 374 g/mol. The molecule has 1 atom stereocenters. The van der Waals surface area contributed by atoms with E-state index in [1.54, 1.807) is 25.2 Å². The molecule has 1 aromatic carbocycles. The molecule has 1 fully saturated rings. The highest BCUT2D eigenvalue weighted by atomic mass is 16.5. The summed E-state index contributed by atoms with van der Waals surface area (Å²) in [5.41, 5.74) is 1.04. The van der Waals surface area contributed by atoms with Crippen molar-refractivity contribution >= 4 is 6.03 Å². The number of methoxy groups -OCH3 is 2. The van der Waals surface area contributed by atoms with Crippen molar-refractivity contribution < 1.29 is 19.0 Å². The summed E-state index contributed by atoms with van der Waals surface area (Å²) in [4.78, 5) is 22.3. The SMILES string of the molecule is COc1ccc(CNC(=O)N2CCCC(Oc3nccnc3C#N)C2)cc1OC. The fourth-order valence-electron chi connectivity index (χ4n) is 3.14. The van der Waals surface area contributed by atoms with Gasteiger partial charge in [-0.15, -0.1) is 0 Å². The van der Waals surface area contributed by atoms with Gasteiger partial charge in [0.2, 0.25) is 5.69 Å². The second kappa shape index (κ2) is 9.59. The van der Waals surface area contributed by atoms with E-state index in [0.29, 0.717) is 31.1 Å². The van der Waals surface area contributed by atoms with Gasteiger partial charge in [-0.25, -0.2) is 14.8 Å². The van der Waals surface area contributed by atoms with Gasteiger partial charge in [0.1, 0.15) is 12.2 Å². The van der Waals surface area contributed by atoms with E-state index >= 15 is 0 Å². The third-order valence-electron chi connectivity index (χ3n) is 4.61. The van der Waals surface area contributed by atoms with E-state index in [4.69, 9.17) is 19.5 Å². The highest BCUT2D eigenvalue weighted by molar-refractivity contribution is 5.74. The van der Waals surface area contributed by atoms with E-state index in [2.05, 4.69) is 15.3 Å². The number of carbonyl (C=O) groups is 1. The number of aromatic nitrogens is 2. The van der Waals surface area contributed by atoms with Gasteiger partial charge >= 0.3 is 6.03 Å². The Morgan fingerprint density at radius 1 is 1.28 bits per heavy atom. The molecular formula is C20H23N5O4. The molecule has 0 radical (unpaired) electrons. The minimum atomic E-state index is -0.237. The Labute approximate surface area is 169 Å².